The third-order valence-electron chi connectivity index (χ3n) is 5.33. The number of carbonyl (C=O) groups is 1. The van der Waals surface area contributed by atoms with E-state index in [9.17, 15) is 4.79 Å². The molecule has 1 saturated heterocycles. The van der Waals surface area contributed by atoms with Crippen molar-refractivity contribution in [2.45, 2.75) is 52.7 Å². The molecule has 7 heteroatoms. The molecule has 0 aromatic carbocycles. The van der Waals surface area contributed by atoms with Crippen molar-refractivity contribution in [2.75, 3.05) is 31.6 Å². The summed E-state index contributed by atoms with van der Waals surface area (Å²) in [5.74, 6) is 1.72. The Hall–Kier alpha value is -2.41. The molecule has 28 heavy (non-hydrogen) atoms. The molecular formula is C21H30N4O3. The van der Waals surface area contributed by atoms with Crippen molar-refractivity contribution in [3.05, 3.63) is 41.2 Å². The van der Waals surface area contributed by atoms with Gasteiger partial charge in [-0.2, -0.15) is 0 Å². The van der Waals surface area contributed by atoms with Gasteiger partial charge in [0.15, 0.2) is 0 Å². The van der Waals surface area contributed by atoms with E-state index in [2.05, 4.69) is 21.8 Å². The van der Waals surface area contributed by atoms with E-state index in [0.717, 1.165) is 61.5 Å². The lowest BCUT2D eigenvalue weighted by Crippen LogP contribution is -2.48. The van der Waals surface area contributed by atoms with Crippen molar-refractivity contribution in [1.82, 2.24) is 14.9 Å². The molecule has 3 rings (SSSR count). The summed E-state index contributed by atoms with van der Waals surface area (Å²) in [6, 6.07) is 2.22. The molecule has 1 aliphatic heterocycles. The van der Waals surface area contributed by atoms with Crippen LogP contribution in [0.4, 0.5) is 5.82 Å². The average molecular weight is 386 g/mol. The third kappa shape index (κ3) is 4.35. The highest BCUT2D eigenvalue weighted by Gasteiger charge is 2.30. The Morgan fingerprint density at radius 2 is 2.07 bits per heavy atom. The van der Waals surface area contributed by atoms with Crippen LogP contribution in [0.5, 0.6) is 0 Å². The van der Waals surface area contributed by atoms with Gasteiger partial charge in [0.25, 0.3) is 5.91 Å². The van der Waals surface area contributed by atoms with Gasteiger partial charge in [0, 0.05) is 44.4 Å². The molecule has 0 aliphatic carbocycles. The van der Waals surface area contributed by atoms with Crippen LogP contribution in [0.1, 0.15) is 53.6 Å². The Labute approximate surface area is 166 Å². The molecule has 0 N–H and O–H groups in total. The second-order valence-corrected chi connectivity index (χ2v) is 7.37. The van der Waals surface area contributed by atoms with Gasteiger partial charge in [0.2, 0.25) is 0 Å². The van der Waals surface area contributed by atoms with Crippen LogP contribution in [0.3, 0.4) is 0 Å². The van der Waals surface area contributed by atoms with Crippen LogP contribution in [0.15, 0.2) is 23.1 Å². The Kier molecular flexibility index (Phi) is 6.67. The maximum Gasteiger partial charge on any atom is 0.257 e. The van der Waals surface area contributed by atoms with E-state index in [1.165, 1.54) is 0 Å². The minimum Gasteiger partial charge on any atom is -0.469 e. The van der Waals surface area contributed by atoms with Crippen LogP contribution < -0.4 is 4.90 Å². The summed E-state index contributed by atoms with van der Waals surface area (Å²) < 4.78 is 10.6. The number of piperidine rings is 1. The molecule has 1 aliphatic rings. The minimum atomic E-state index is 0.0912. The largest absolute Gasteiger partial charge is 0.469 e. The van der Waals surface area contributed by atoms with E-state index in [1.807, 2.05) is 24.8 Å². The topological polar surface area (TPSA) is 71.7 Å². The first-order chi connectivity index (χ1) is 13.5. The molecule has 0 spiro atoms. The maximum atomic E-state index is 13.2. The number of aryl methyl sites for hydroxylation is 2. The number of amides is 1. The number of hydrogen-bond donors (Lipinski definition) is 0. The Morgan fingerprint density at radius 3 is 2.68 bits per heavy atom. The summed E-state index contributed by atoms with van der Waals surface area (Å²) >= 11 is 0. The zero-order chi connectivity index (χ0) is 20.1. The van der Waals surface area contributed by atoms with Crippen molar-refractivity contribution in [3.63, 3.8) is 0 Å². The fourth-order valence-corrected chi connectivity index (χ4v) is 3.92. The highest BCUT2D eigenvalue weighted by Crippen LogP contribution is 2.25. The predicted octanol–water partition coefficient (Wildman–Crippen LogP) is 3.35. The standard InChI is InChI=1S/C21H30N4O3/c1-5-8-25(21(26)20-15(2)12-28-16(20)3)18-6-9-24(10-7-18)19-11-17(13-27-4)22-14-23-19/h11-12,14,18H,5-10,13H2,1-4H3. The average Bonchev–Trinajstić information content (AvgIpc) is 3.04. The van der Waals surface area contributed by atoms with Crippen LogP contribution >= 0.6 is 0 Å². The van der Waals surface area contributed by atoms with E-state index >= 15 is 0 Å². The first-order valence-electron chi connectivity index (χ1n) is 9.95. The molecule has 152 valence electrons. The number of anilines is 1. The lowest BCUT2D eigenvalue weighted by atomic mass is 10.0. The van der Waals surface area contributed by atoms with Gasteiger partial charge >= 0.3 is 0 Å². The van der Waals surface area contributed by atoms with E-state index in [0.29, 0.717) is 12.4 Å². The number of nitrogens with zero attached hydrogens (tertiary/aromatic N) is 4. The summed E-state index contributed by atoms with van der Waals surface area (Å²) in [5.41, 5.74) is 2.51. The summed E-state index contributed by atoms with van der Waals surface area (Å²) in [6.45, 7) is 8.88. The van der Waals surface area contributed by atoms with Crippen LogP contribution in [-0.2, 0) is 11.3 Å². The van der Waals surface area contributed by atoms with Crippen molar-refractivity contribution >= 4 is 11.7 Å². The van der Waals surface area contributed by atoms with E-state index in [-0.39, 0.29) is 11.9 Å². The van der Waals surface area contributed by atoms with Crippen molar-refractivity contribution in [1.29, 1.82) is 0 Å². The van der Waals surface area contributed by atoms with Crippen LogP contribution in [0.25, 0.3) is 0 Å². The molecule has 2 aromatic rings. The molecule has 7 nitrogen and oxygen atoms in total. The lowest BCUT2D eigenvalue weighted by Gasteiger charge is -2.39. The molecule has 1 amide bonds. The smallest absolute Gasteiger partial charge is 0.257 e. The molecule has 0 saturated carbocycles. The second kappa shape index (κ2) is 9.19. The Balaban J connectivity index is 1.69. The number of hydrogen-bond acceptors (Lipinski definition) is 6. The fraction of sp³-hybridized carbons (Fsp3) is 0.571. The summed E-state index contributed by atoms with van der Waals surface area (Å²) in [7, 11) is 1.66. The highest BCUT2D eigenvalue weighted by molar-refractivity contribution is 5.96. The van der Waals surface area contributed by atoms with Crippen LogP contribution in [0, 0.1) is 13.8 Å². The van der Waals surface area contributed by atoms with Gasteiger partial charge in [-0.25, -0.2) is 9.97 Å². The fourth-order valence-electron chi connectivity index (χ4n) is 3.92. The SMILES string of the molecule is CCCN(C(=O)c1c(C)coc1C)C1CCN(c2cc(COC)ncn2)CC1. The third-order valence-corrected chi connectivity index (χ3v) is 5.33. The van der Waals surface area contributed by atoms with E-state index < -0.39 is 0 Å². The van der Waals surface area contributed by atoms with Gasteiger partial charge < -0.3 is 19.0 Å². The van der Waals surface area contributed by atoms with Crippen molar-refractivity contribution in [2.24, 2.45) is 0 Å². The van der Waals surface area contributed by atoms with Gasteiger partial charge in [0.05, 0.1) is 24.1 Å². The minimum absolute atomic E-state index is 0.0912. The summed E-state index contributed by atoms with van der Waals surface area (Å²) in [6.07, 6.45) is 6.04. The maximum absolute atomic E-state index is 13.2. The zero-order valence-electron chi connectivity index (χ0n) is 17.3. The monoisotopic (exact) mass is 386 g/mol. The summed E-state index contributed by atoms with van der Waals surface area (Å²) in [5, 5.41) is 0. The molecular weight excluding hydrogens is 356 g/mol. The van der Waals surface area contributed by atoms with Crippen LogP contribution in [0.2, 0.25) is 0 Å². The van der Waals surface area contributed by atoms with E-state index in [1.54, 1.807) is 19.7 Å². The number of methoxy groups -OCH3 is 1. The number of carbonyl (C=O) groups excluding carboxylic acids is 1. The van der Waals surface area contributed by atoms with Gasteiger partial charge in [0.1, 0.15) is 17.9 Å². The number of ether oxygens (including phenoxy) is 1. The highest BCUT2D eigenvalue weighted by atomic mass is 16.5. The Bertz CT molecular complexity index is 777. The quantitative estimate of drug-likeness (QED) is 0.727. The predicted molar refractivity (Wildman–Crippen MR) is 107 cm³/mol. The Morgan fingerprint density at radius 1 is 1.32 bits per heavy atom. The molecule has 0 unspecified atom stereocenters. The first kappa shape index (κ1) is 20.3. The molecule has 0 radical (unpaired) electrons. The molecule has 2 aromatic heterocycles. The number of rotatable bonds is 7. The molecule has 3 heterocycles. The summed E-state index contributed by atoms with van der Waals surface area (Å²) in [4.78, 5) is 26.2. The number of aromatic nitrogens is 2. The van der Waals surface area contributed by atoms with E-state index in [4.69, 9.17) is 9.15 Å². The van der Waals surface area contributed by atoms with Gasteiger partial charge in [-0.15, -0.1) is 0 Å². The van der Waals surface area contributed by atoms with Crippen molar-refractivity contribution in [3.8, 4) is 0 Å². The molecule has 1 fully saturated rings. The molecule has 0 bridgehead atoms. The first-order valence-corrected chi connectivity index (χ1v) is 9.95. The molecule has 0 atom stereocenters. The second-order valence-electron chi connectivity index (χ2n) is 7.37. The lowest BCUT2D eigenvalue weighted by molar-refractivity contribution is 0.0647. The number of furan rings is 1. The van der Waals surface area contributed by atoms with Gasteiger partial charge in [-0.3, -0.25) is 4.79 Å². The van der Waals surface area contributed by atoms with Crippen LogP contribution in [-0.4, -0.2) is 53.6 Å². The van der Waals surface area contributed by atoms with Crippen molar-refractivity contribution < 1.29 is 13.9 Å². The van der Waals surface area contributed by atoms with Gasteiger partial charge in [-0.1, -0.05) is 6.92 Å². The van der Waals surface area contributed by atoms with Gasteiger partial charge in [-0.05, 0) is 33.1 Å². The normalized spacial score (nSPS) is 15.1. The zero-order valence-corrected chi connectivity index (χ0v) is 17.3.